The number of piperidine rings is 1. The van der Waals surface area contributed by atoms with Crippen LogP contribution < -0.4 is 5.32 Å². The number of halogens is 2. The van der Waals surface area contributed by atoms with Crippen LogP contribution in [0.3, 0.4) is 0 Å². The van der Waals surface area contributed by atoms with Crippen molar-refractivity contribution in [3.05, 3.63) is 22.1 Å². The van der Waals surface area contributed by atoms with Gasteiger partial charge in [0.05, 0.1) is 10.8 Å². The molecule has 4 unspecified atom stereocenters. The molecule has 1 N–H and O–H groups in total. The number of nitrogens with zero attached hydrogens (tertiary/aromatic N) is 2. The Morgan fingerprint density at radius 2 is 1.97 bits per heavy atom. The number of thioether (sulfide) groups is 1. The topological polar surface area (TPSA) is 61.8 Å². The second kappa shape index (κ2) is 10.9. The Labute approximate surface area is 193 Å². The zero-order valence-corrected chi connectivity index (χ0v) is 19.3. The highest BCUT2D eigenvalue weighted by atomic mass is 32.2. The van der Waals surface area contributed by atoms with Crippen molar-refractivity contribution in [2.24, 2.45) is 22.7 Å². The second-order valence-electron chi connectivity index (χ2n) is 9.39. The minimum absolute atomic E-state index is 0.00471. The van der Waals surface area contributed by atoms with E-state index in [9.17, 15) is 18.4 Å². The lowest BCUT2D eigenvalue weighted by molar-refractivity contribution is -0.141. The molecule has 4 atom stereocenters. The number of carbonyl (C=O) groups excluding carboxylic acids is 2. The smallest absolute Gasteiger partial charge is 0.257 e. The van der Waals surface area contributed by atoms with Gasteiger partial charge < -0.3 is 10.2 Å². The predicted octanol–water partition coefficient (Wildman–Crippen LogP) is 4.55. The fourth-order valence-corrected chi connectivity index (χ4v) is 6.18. The Kier molecular flexibility index (Phi) is 8.02. The number of carbonyl (C=O) groups is 2. The fourth-order valence-electron chi connectivity index (χ4n) is 5.10. The van der Waals surface area contributed by atoms with E-state index >= 15 is 0 Å². The third kappa shape index (κ3) is 5.80. The lowest BCUT2D eigenvalue weighted by atomic mass is 9.84. The highest BCUT2D eigenvalue weighted by Crippen LogP contribution is 2.42. The van der Waals surface area contributed by atoms with Crippen molar-refractivity contribution in [3.8, 4) is 0 Å². The Balaban J connectivity index is 1.09. The zero-order chi connectivity index (χ0) is 22.5. The van der Waals surface area contributed by atoms with Gasteiger partial charge >= 0.3 is 0 Å². The summed E-state index contributed by atoms with van der Waals surface area (Å²) < 4.78 is 27.4. The summed E-state index contributed by atoms with van der Waals surface area (Å²) in [5.74, 6) is 0.117. The third-order valence-electron chi connectivity index (χ3n) is 7.11. The van der Waals surface area contributed by atoms with Gasteiger partial charge in [0.1, 0.15) is 12.3 Å². The molecule has 0 aromatic carbocycles. The van der Waals surface area contributed by atoms with Crippen LogP contribution in [0.2, 0.25) is 0 Å². The van der Waals surface area contributed by atoms with Gasteiger partial charge in [-0.2, -0.15) is 0 Å². The van der Waals surface area contributed by atoms with Gasteiger partial charge in [-0.05, 0) is 44.4 Å². The lowest BCUT2D eigenvalue weighted by Gasteiger charge is -2.36. The number of amides is 2. The summed E-state index contributed by atoms with van der Waals surface area (Å²) in [6, 6.07) is 0. The summed E-state index contributed by atoms with van der Waals surface area (Å²) in [6.07, 6.45) is 9.64. The maximum Gasteiger partial charge on any atom is 0.257 e. The van der Waals surface area contributed by atoms with Crippen LogP contribution in [0.25, 0.3) is 0 Å². The molecule has 1 saturated heterocycles. The van der Waals surface area contributed by atoms with Crippen LogP contribution in [-0.4, -0.2) is 54.9 Å². The molecule has 0 bridgehead atoms. The van der Waals surface area contributed by atoms with Crippen molar-refractivity contribution in [1.29, 1.82) is 0 Å². The number of hydrogen-bond donors (Lipinski definition) is 1. The summed E-state index contributed by atoms with van der Waals surface area (Å²) >= 11 is 1.52. The molecule has 2 fully saturated rings. The monoisotopic (exact) mass is 465 g/mol. The number of unbranched alkanes of at least 4 members (excludes halogenated alkanes) is 1. The number of allylic oxidation sites excluding steroid dienone is 2. The van der Waals surface area contributed by atoms with Crippen molar-refractivity contribution < 1.29 is 18.4 Å². The van der Waals surface area contributed by atoms with Gasteiger partial charge in [0.25, 0.3) is 5.91 Å². The van der Waals surface area contributed by atoms with Crippen molar-refractivity contribution in [3.63, 3.8) is 0 Å². The van der Waals surface area contributed by atoms with Crippen LogP contribution in [0, 0.1) is 17.8 Å². The Hall–Kier alpha value is -1.70. The largest absolute Gasteiger partial charge is 0.352 e. The zero-order valence-electron chi connectivity index (χ0n) is 18.5. The van der Waals surface area contributed by atoms with Gasteiger partial charge in [-0.3, -0.25) is 14.6 Å². The molecule has 176 valence electrons. The molecule has 0 aromatic rings. The molecule has 4 aliphatic rings. The van der Waals surface area contributed by atoms with Gasteiger partial charge in [-0.25, -0.2) is 8.78 Å². The minimum Gasteiger partial charge on any atom is -0.352 e. The van der Waals surface area contributed by atoms with E-state index in [0.717, 1.165) is 48.3 Å². The van der Waals surface area contributed by atoms with E-state index < -0.39 is 18.3 Å². The van der Waals surface area contributed by atoms with Crippen LogP contribution in [0.15, 0.2) is 27.1 Å². The second-order valence-corrected chi connectivity index (χ2v) is 10.5. The fraction of sp³-hybridized carbons (Fsp3) is 0.708. The minimum atomic E-state index is -1.34. The molecule has 5 nitrogen and oxygen atoms in total. The van der Waals surface area contributed by atoms with Crippen LogP contribution in [0.4, 0.5) is 8.78 Å². The first-order chi connectivity index (χ1) is 15.5. The van der Waals surface area contributed by atoms with Crippen LogP contribution in [0.1, 0.15) is 57.8 Å². The number of alkyl halides is 2. The van der Waals surface area contributed by atoms with E-state index in [1.165, 1.54) is 11.8 Å². The summed E-state index contributed by atoms with van der Waals surface area (Å²) in [7, 11) is 0. The molecule has 3 heterocycles. The van der Waals surface area contributed by atoms with Crippen molar-refractivity contribution >= 4 is 29.8 Å². The lowest BCUT2D eigenvalue weighted by Crippen LogP contribution is -2.46. The Bertz CT molecular complexity index is 792. The van der Waals surface area contributed by atoms with Crippen LogP contribution in [-0.2, 0) is 9.59 Å². The SMILES string of the molecule is O=C(NCCCCC1CCN(C(=O)C2CCC(F)CC2F)CC1)C1=CC2CC=NC=C2S1. The van der Waals surface area contributed by atoms with Gasteiger partial charge in [0.2, 0.25) is 5.91 Å². The molecular formula is C24H33F2N3O2S. The third-order valence-corrected chi connectivity index (χ3v) is 8.30. The van der Waals surface area contributed by atoms with E-state index in [-0.39, 0.29) is 18.2 Å². The van der Waals surface area contributed by atoms with Crippen molar-refractivity contribution in [2.75, 3.05) is 19.6 Å². The number of nitrogens with one attached hydrogen (secondary N) is 1. The summed E-state index contributed by atoms with van der Waals surface area (Å²) in [4.78, 5) is 32.9. The summed E-state index contributed by atoms with van der Waals surface area (Å²) in [5, 5.41) is 3.03. The first kappa shape index (κ1) is 23.5. The molecule has 32 heavy (non-hydrogen) atoms. The molecule has 8 heteroatoms. The van der Waals surface area contributed by atoms with E-state index in [2.05, 4.69) is 10.3 Å². The van der Waals surface area contributed by atoms with Gasteiger partial charge in [0.15, 0.2) is 0 Å². The molecule has 1 saturated carbocycles. The Morgan fingerprint density at radius 3 is 2.72 bits per heavy atom. The molecule has 0 spiro atoms. The predicted molar refractivity (Wildman–Crippen MR) is 124 cm³/mol. The molecule has 2 amide bonds. The normalized spacial score (nSPS) is 30.5. The highest BCUT2D eigenvalue weighted by Gasteiger charge is 2.38. The number of likely N-dealkylation sites (tertiary alicyclic amines) is 1. The molecular weight excluding hydrogens is 432 g/mol. The first-order valence-electron chi connectivity index (χ1n) is 12.0. The van der Waals surface area contributed by atoms with Crippen LogP contribution >= 0.6 is 11.8 Å². The number of hydrogen-bond acceptors (Lipinski definition) is 4. The number of aliphatic imine (C=N–C) groups is 1. The molecule has 4 rings (SSSR count). The summed E-state index contributed by atoms with van der Waals surface area (Å²) in [6.45, 7) is 2.02. The standard InChI is InChI=1S/C24H33F2N3O2S/c25-18-4-5-19(20(26)14-18)24(31)29-11-7-16(8-12-29)3-1-2-9-28-23(30)21-13-17-6-10-27-15-22(17)32-21/h10,13,15-20H,1-9,11-12,14H2,(H,28,30). The van der Waals surface area contributed by atoms with E-state index in [4.69, 9.17) is 0 Å². The maximum absolute atomic E-state index is 14.1. The molecule has 1 aliphatic carbocycles. The van der Waals surface area contributed by atoms with Crippen molar-refractivity contribution in [2.45, 2.75) is 70.1 Å². The first-order valence-corrected chi connectivity index (χ1v) is 12.8. The number of fused-ring (bicyclic) bond motifs is 1. The van der Waals surface area contributed by atoms with E-state index in [0.29, 0.717) is 44.3 Å². The average Bonchev–Trinajstić information content (AvgIpc) is 3.23. The molecule has 3 aliphatic heterocycles. The number of rotatable bonds is 7. The van der Waals surface area contributed by atoms with E-state index in [1.54, 1.807) is 4.90 Å². The maximum atomic E-state index is 14.1. The van der Waals surface area contributed by atoms with Crippen molar-refractivity contribution in [1.82, 2.24) is 10.2 Å². The summed E-state index contributed by atoms with van der Waals surface area (Å²) in [5.41, 5.74) is 0. The highest BCUT2D eigenvalue weighted by molar-refractivity contribution is 8.07. The van der Waals surface area contributed by atoms with Gasteiger partial charge in [-0.1, -0.05) is 30.7 Å². The van der Waals surface area contributed by atoms with Gasteiger partial charge in [0, 0.05) is 49.3 Å². The molecule has 0 radical (unpaired) electrons. The van der Waals surface area contributed by atoms with Gasteiger partial charge in [-0.15, -0.1) is 0 Å². The van der Waals surface area contributed by atoms with E-state index in [1.807, 2.05) is 18.5 Å². The van der Waals surface area contributed by atoms with Crippen LogP contribution in [0.5, 0.6) is 0 Å². The Morgan fingerprint density at radius 1 is 1.16 bits per heavy atom. The average molecular weight is 466 g/mol. The molecule has 0 aromatic heterocycles. The quantitative estimate of drug-likeness (QED) is 0.561.